The first kappa shape index (κ1) is 14.3. The van der Waals surface area contributed by atoms with E-state index in [0.717, 1.165) is 5.56 Å². The molecule has 1 rings (SSSR count). The van der Waals surface area contributed by atoms with E-state index in [1.807, 2.05) is 32.9 Å². The molecule has 1 unspecified atom stereocenters. The second kappa shape index (κ2) is 5.42. The van der Waals surface area contributed by atoms with Crippen molar-refractivity contribution in [2.75, 3.05) is 0 Å². The molecule has 0 N–H and O–H groups in total. The summed E-state index contributed by atoms with van der Waals surface area (Å²) in [4.78, 5) is 0.398. The van der Waals surface area contributed by atoms with Gasteiger partial charge in [0.25, 0.3) is 0 Å². The number of hydrogen-bond acceptors (Lipinski definition) is 2. The first-order valence-corrected chi connectivity index (χ1v) is 5.19. The van der Waals surface area contributed by atoms with Crippen molar-refractivity contribution in [1.29, 1.82) is 0 Å². The normalized spacial score (nSPS) is 13.1. The summed E-state index contributed by atoms with van der Waals surface area (Å²) in [6.07, 6.45) is 0. The fraction of sp³-hybridized carbons (Fsp3) is 0.400. The molecule has 72 valence electrons. The molecule has 2 nitrogen and oxygen atoms in total. The van der Waals surface area contributed by atoms with Crippen LogP contribution in [0.3, 0.4) is 0 Å². The minimum absolute atomic E-state index is 0. The van der Waals surface area contributed by atoms with E-state index in [-0.39, 0.29) is 35.0 Å². The van der Waals surface area contributed by atoms with Crippen LogP contribution in [0.2, 0.25) is 0 Å². The van der Waals surface area contributed by atoms with Crippen LogP contribution in [0.1, 0.15) is 26.3 Å². The van der Waals surface area contributed by atoms with Gasteiger partial charge in [0, 0.05) is 4.90 Å². The van der Waals surface area contributed by atoms with Gasteiger partial charge >= 0.3 is 29.6 Å². The monoisotopic (exact) mass is 220 g/mol. The maximum Gasteiger partial charge on any atom is 1.00 e. The van der Waals surface area contributed by atoms with Crippen molar-refractivity contribution >= 4 is 11.1 Å². The Kier molecular flexibility index (Phi) is 5.55. The second-order valence-electron chi connectivity index (χ2n) is 3.98. The molecule has 0 amide bonds. The minimum Gasteiger partial charge on any atom is -0.768 e. The van der Waals surface area contributed by atoms with Gasteiger partial charge in [-0.3, -0.25) is 4.21 Å². The van der Waals surface area contributed by atoms with E-state index in [4.69, 9.17) is 0 Å². The summed E-state index contributed by atoms with van der Waals surface area (Å²) in [7, 11) is 0. The van der Waals surface area contributed by atoms with Crippen molar-refractivity contribution in [3.8, 4) is 0 Å². The van der Waals surface area contributed by atoms with Gasteiger partial charge in [-0.25, -0.2) is 0 Å². The van der Waals surface area contributed by atoms with E-state index >= 15 is 0 Å². The maximum absolute atomic E-state index is 10.9. The number of benzene rings is 1. The van der Waals surface area contributed by atoms with Crippen molar-refractivity contribution < 1.29 is 38.3 Å². The third kappa shape index (κ3) is 3.48. The maximum atomic E-state index is 10.9. The van der Waals surface area contributed by atoms with E-state index < -0.39 is 11.1 Å². The molecule has 0 heterocycles. The van der Waals surface area contributed by atoms with Crippen LogP contribution in [0.25, 0.3) is 0 Å². The SMILES string of the molecule is CC(C)(C)c1ccccc1S(=O)[O-].[Na+]. The van der Waals surface area contributed by atoms with Crippen molar-refractivity contribution in [2.24, 2.45) is 0 Å². The molecule has 0 radical (unpaired) electrons. The molecule has 4 heteroatoms. The van der Waals surface area contributed by atoms with Crippen LogP contribution in [-0.4, -0.2) is 8.76 Å². The zero-order valence-corrected chi connectivity index (χ0v) is 11.9. The molecule has 1 atom stereocenters. The van der Waals surface area contributed by atoms with Crippen LogP contribution in [0.5, 0.6) is 0 Å². The van der Waals surface area contributed by atoms with Crippen LogP contribution in [0, 0.1) is 0 Å². The van der Waals surface area contributed by atoms with Crippen LogP contribution in [-0.2, 0) is 16.5 Å². The van der Waals surface area contributed by atoms with Gasteiger partial charge in [0.15, 0.2) is 0 Å². The predicted octanol–water partition coefficient (Wildman–Crippen LogP) is -0.774. The van der Waals surface area contributed by atoms with Crippen LogP contribution >= 0.6 is 0 Å². The molecule has 1 aromatic carbocycles. The summed E-state index contributed by atoms with van der Waals surface area (Å²) in [6.45, 7) is 6.00. The topological polar surface area (TPSA) is 40.1 Å². The zero-order chi connectivity index (χ0) is 10.1. The average Bonchev–Trinajstić information content (AvgIpc) is 2.03. The Morgan fingerprint density at radius 1 is 1.21 bits per heavy atom. The minimum atomic E-state index is -2.14. The molecular formula is C10H13NaO2S. The number of rotatable bonds is 1. The smallest absolute Gasteiger partial charge is 0.768 e. The van der Waals surface area contributed by atoms with E-state index in [0.29, 0.717) is 4.90 Å². The quantitative estimate of drug-likeness (QED) is 0.460. The van der Waals surface area contributed by atoms with Crippen molar-refractivity contribution in [2.45, 2.75) is 31.1 Å². The van der Waals surface area contributed by atoms with Crippen molar-refractivity contribution in [3.05, 3.63) is 29.8 Å². The molecule has 0 aliphatic carbocycles. The summed E-state index contributed by atoms with van der Waals surface area (Å²) in [5.41, 5.74) is 0.736. The third-order valence-corrected chi connectivity index (χ3v) is 2.59. The largest absolute Gasteiger partial charge is 1.00 e. The van der Waals surface area contributed by atoms with E-state index in [1.165, 1.54) is 0 Å². The summed E-state index contributed by atoms with van der Waals surface area (Å²) in [5.74, 6) is 0. The number of hydrogen-bond donors (Lipinski definition) is 0. The average molecular weight is 220 g/mol. The van der Waals surface area contributed by atoms with Gasteiger partial charge in [0.2, 0.25) is 0 Å². The van der Waals surface area contributed by atoms with Crippen LogP contribution < -0.4 is 29.6 Å². The molecule has 1 aromatic rings. The molecular weight excluding hydrogens is 207 g/mol. The molecule has 0 saturated heterocycles. The standard InChI is InChI=1S/C10H14O2S.Na/c1-10(2,3)8-6-4-5-7-9(8)13(11)12;/h4-7H,1-3H3,(H,11,12);/q;+1/p-1. The van der Waals surface area contributed by atoms with Gasteiger partial charge < -0.3 is 4.55 Å². The van der Waals surface area contributed by atoms with Gasteiger partial charge in [-0.1, -0.05) is 39.0 Å². The van der Waals surface area contributed by atoms with Crippen molar-refractivity contribution in [1.82, 2.24) is 0 Å². The van der Waals surface area contributed by atoms with E-state index in [2.05, 4.69) is 0 Å². The Morgan fingerprint density at radius 2 is 1.71 bits per heavy atom. The molecule has 14 heavy (non-hydrogen) atoms. The third-order valence-electron chi connectivity index (χ3n) is 1.87. The van der Waals surface area contributed by atoms with Gasteiger partial charge in [0.05, 0.1) is 0 Å². The fourth-order valence-electron chi connectivity index (χ4n) is 1.23. The summed E-state index contributed by atoms with van der Waals surface area (Å²) < 4.78 is 21.7. The first-order chi connectivity index (χ1) is 5.93. The van der Waals surface area contributed by atoms with E-state index in [1.54, 1.807) is 12.1 Å². The van der Waals surface area contributed by atoms with Gasteiger partial charge in [-0.15, -0.1) is 0 Å². The van der Waals surface area contributed by atoms with Crippen LogP contribution in [0.4, 0.5) is 0 Å². The zero-order valence-electron chi connectivity index (χ0n) is 9.03. The predicted molar refractivity (Wildman–Crippen MR) is 52.3 cm³/mol. The van der Waals surface area contributed by atoms with Crippen LogP contribution in [0.15, 0.2) is 29.2 Å². The van der Waals surface area contributed by atoms with Gasteiger partial charge in [0.1, 0.15) is 0 Å². The Hall–Kier alpha value is 0.330. The Balaban J connectivity index is 0.00000169. The molecule has 0 aromatic heterocycles. The molecule has 0 bridgehead atoms. The summed E-state index contributed by atoms with van der Waals surface area (Å²) in [6, 6.07) is 7.08. The summed E-state index contributed by atoms with van der Waals surface area (Å²) >= 11 is -2.14. The Labute approximate surface area is 110 Å². The second-order valence-corrected chi connectivity index (χ2v) is 4.89. The summed E-state index contributed by atoms with van der Waals surface area (Å²) in [5, 5.41) is 0. The molecule has 0 aliphatic heterocycles. The molecule has 0 spiro atoms. The molecule has 0 aliphatic rings. The fourth-order valence-corrected chi connectivity index (χ4v) is 1.98. The van der Waals surface area contributed by atoms with Gasteiger partial charge in [-0.2, -0.15) is 0 Å². The Bertz CT molecular complexity index is 331. The van der Waals surface area contributed by atoms with Crippen molar-refractivity contribution in [3.63, 3.8) is 0 Å². The van der Waals surface area contributed by atoms with E-state index in [9.17, 15) is 8.76 Å². The molecule has 0 saturated carbocycles. The molecule has 0 fully saturated rings. The van der Waals surface area contributed by atoms with Gasteiger partial charge in [-0.05, 0) is 28.1 Å². The first-order valence-electron chi connectivity index (χ1n) is 4.11. The Morgan fingerprint density at radius 3 is 2.07 bits per heavy atom.